The minimum Gasteiger partial charge on any atom is -0.454 e. The lowest BCUT2D eigenvalue weighted by Gasteiger charge is -2.10. The molecule has 1 heterocycles. The summed E-state index contributed by atoms with van der Waals surface area (Å²) < 4.78 is 10.7. The van der Waals surface area contributed by atoms with Crippen LogP contribution in [0.3, 0.4) is 0 Å². The lowest BCUT2D eigenvalue weighted by molar-refractivity contribution is -0.117. The van der Waals surface area contributed by atoms with E-state index in [0.717, 1.165) is 5.56 Å². The zero-order chi connectivity index (χ0) is 25.2. The summed E-state index contributed by atoms with van der Waals surface area (Å²) in [5.41, 5.74) is 5.28. The highest BCUT2D eigenvalue weighted by Crippen LogP contribution is 2.33. The molecule has 0 bridgehead atoms. The third-order valence-corrected chi connectivity index (χ3v) is 5.11. The average Bonchev–Trinajstić information content (AvgIpc) is 3.38. The first-order valence-electron chi connectivity index (χ1n) is 11.3. The molecule has 0 unspecified atom stereocenters. The summed E-state index contributed by atoms with van der Waals surface area (Å²) in [6.07, 6.45) is 9.01. The third-order valence-electron chi connectivity index (χ3n) is 5.11. The van der Waals surface area contributed by atoms with Crippen LogP contribution in [-0.4, -0.2) is 24.3 Å². The second-order valence-electron chi connectivity index (χ2n) is 7.81. The molecular formula is C29H25N3O4. The number of hydrogen-bond donors (Lipinski definition) is 2. The van der Waals surface area contributed by atoms with E-state index in [0.29, 0.717) is 28.3 Å². The van der Waals surface area contributed by atoms with Crippen molar-refractivity contribution in [3.05, 3.63) is 119 Å². The Labute approximate surface area is 209 Å². The van der Waals surface area contributed by atoms with E-state index in [-0.39, 0.29) is 12.5 Å². The molecule has 0 saturated carbocycles. The maximum Gasteiger partial charge on any atom is 0.287 e. The molecule has 2 amide bonds. The van der Waals surface area contributed by atoms with Gasteiger partial charge in [-0.2, -0.15) is 5.10 Å². The highest BCUT2D eigenvalue weighted by atomic mass is 16.7. The fourth-order valence-electron chi connectivity index (χ4n) is 3.27. The van der Waals surface area contributed by atoms with Gasteiger partial charge in [-0.15, -0.1) is 0 Å². The third kappa shape index (κ3) is 6.80. The van der Waals surface area contributed by atoms with Gasteiger partial charge in [0.15, 0.2) is 11.5 Å². The number of fused-ring (bicyclic) bond motifs is 1. The predicted octanol–water partition coefficient (Wildman–Crippen LogP) is 4.95. The Hall–Kier alpha value is -4.91. The zero-order valence-electron chi connectivity index (χ0n) is 19.7. The van der Waals surface area contributed by atoms with Gasteiger partial charge in [-0.05, 0) is 54.5 Å². The highest BCUT2D eigenvalue weighted by molar-refractivity contribution is 6.05. The molecule has 0 spiro atoms. The van der Waals surface area contributed by atoms with Crippen molar-refractivity contribution in [2.24, 2.45) is 5.10 Å². The van der Waals surface area contributed by atoms with Gasteiger partial charge < -0.3 is 14.8 Å². The smallest absolute Gasteiger partial charge is 0.287 e. The Kier molecular flexibility index (Phi) is 8.07. The van der Waals surface area contributed by atoms with Crippen molar-refractivity contribution in [2.75, 3.05) is 6.79 Å². The van der Waals surface area contributed by atoms with Crippen molar-refractivity contribution in [1.82, 2.24) is 10.7 Å². The molecule has 7 nitrogen and oxygen atoms in total. The fourth-order valence-corrected chi connectivity index (χ4v) is 3.27. The van der Waals surface area contributed by atoms with Gasteiger partial charge in [0.2, 0.25) is 6.79 Å². The molecule has 0 atom stereocenters. The Morgan fingerprint density at radius 1 is 0.861 bits per heavy atom. The molecular weight excluding hydrogens is 454 g/mol. The van der Waals surface area contributed by atoms with Gasteiger partial charge in [0.1, 0.15) is 5.70 Å². The van der Waals surface area contributed by atoms with Gasteiger partial charge in [-0.3, -0.25) is 9.59 Å². The summed E-state index contributed by atoms with van der Waals surface area (Å²) in [6.45, 7) is 1.90. The molecule has 0 radical (unpaired) electrons. The largest absolute Gasteiger partial charge is 0.454 e. The van der Waals surface area contributed by atoms with Crippen molar-refractivity contribution in [3.8, 4) is 11.5 Å². The molecule has 3 aromatic rings. The van der Waals surface area contributed by atoms with Crippen LogP contribution in [0.1, 0.15) is 28.4 Å². The summed E-state index contributed by atoms with van der Waals surface area (Å²) in [4.78, 5) is 25.7. The maximum absolute atomic E-state index is 13.0. The molecule has 0 fully saturated rings. The van der Waals surface area contributed by atoms with Crippen LogP contribution in [0.15, 0.2) is 108 Å². The highest BCUT2D eigenvalue weighted by Gasteiger charge is 2.17. The SMILES string of the molecule is CC(/C=C/C=C\c1ccccc1)=NNC(=O)/C(=C\c1ccc2c(c1)OCO2)NC(=O)c1ccccc1. The number of hydrazone groups is 1. The number of rotatable bonds is 8. The minimum atomic E-state index is -0.565. The van der Waals surface area contributed by atoms with Gasteiger partial charge in [0, 0.05) is 5.56 Å². The van der Waals surface area contributed by atoms with Crippen LogP contribution < -0.4 is 20.2 Å². The molecule has 2 N–H and O–H groups in total. The van der Waals surface area contributed by atoms with Gasteiger partial charge in [-0.1, -0.05) is 72.8 Å². The van der Waals surface area contributed by atoms with Crippen LogP contribution >= 0.6 is 0 Å². The fraction of sp³-hybridized carbons (Fsp3) is 0.0690. The summed E-state index contributed by atoms with van der Waals surface area (Å²) >= 11 is 0. The Morgan fingerprint density at radius 3 is 2.36 bits per heavy atom. The average molecular weight is 480 g/mol. The van der Waals surface area contributed by atoms with Gasteiger partial charge in [-0.25, -0.2) is 5.43 Å². The van der Waals surface area contributed by atoms with E-state index in [4.69, 9.17) is 9.47 Å². The van der Waals surface area contributed by atoms with Crippen molar-refractivity contribution < 1.29 is 19.1 Å². The molecule has 36 heavy (non-hydrogen) atoms. The van der Waals surface area contributed by atoms with Crippen molar-refractivity contribution in [1.29, 1.82) is 0 Å². The number of allylic oxidation sites excluding steroid dienone is 3. The van der Waals surface area contributed by atoms with Crippen LogP contribution in [0.25, 0.3) is 12.2 Å². The van der Waals surface area contributed by atoms with Crippen LogP contribution in [-0.2, 0) is 4.79 Å². The first-order chi connectivity index (χ1) is 17.6. The summed E-state index contributed by atoms with van der Waals surface area (Å²) in [5.74, 6) is 0.217. The van der Waals surface area contributed by atoms with E-state index in [9.17, 15) is 9.59 Å². The molecule has 0 saturated heterocycles. The maximum atomic E-state index is 13.0. The number of carbonyl (C=O) groups excluding carboxylic acids is 2. The molecule has 3 aromatic carbocycles. The first-order valence-corrected chi connectivity index (χ1v) is 11.3. The van der Waals surface area contributed by atoms with Crippen molar-refractivity contribution >= 4 is 29.7 Å². The second-order valence-corrected chi connectivity index (χ2v) is 7.81. The molecule has 0 aliphatic carbocycles. The van der Waals surface area contributed by atoms with Crippen molar-refractivity contribution in [2.45, 2.75) is 6.92 Å². The number of amides is 2. The van der Waals surface area contributed by atoms with E-state index in [1.165, 1.54) is 0 Å². The van der Waals surface area contributed by atoms with Crippen LogP contribution in [0.4, 0.5) is 0 Å². The summed E-state index contributed by atoms with van der Waals surface area (Å²) in [7, 11) is 0. The lowest BCUT2D eigenvalue weighted by Crippen LogP contribution is -2.33. The Morgan fingerprint density at radius 2 is 1.58 bits per heavy atom. The summed E-state index contributed by atoms with van der Waals surface area (Å²) in [5, 5.41) is 6.81. The molecule has 1 aliphatic rings. The number of hydrogen-bond acceptors (Lipinski definition) is 5. The van der Waals surface area contributed by atoms with Crippen LogP contribution in [0.5, 0.6) is 11.5 Å². The Balaban J connectivity index is 1.48. The van der Waals surface area contributed by atoms with Gasteiger partial charge >= 0.3 is 0 Å². The zero-order valence-corrected chi connectivity index (χ0v) is 19.7. The number of nitrogens with zero attached hydrogens (tertiary/aromatic N) is 1. The Bertz CT molecular complexity index is 1340. The second kappa shape index (κ2) is 12.0. The molecule has 1 aliphatic heterocycles. The number of ether oxygens (including phenoxy) is 2. The number of nitrogens with one attached hydrogen (secondary N) is 2. The van der Waals surface area contributed by atoms with Crippen molar-refractivity contribution in [3.63, 3.8) is 0 Å². The standard InChI is InChI=1S/C29H25N3O4/c1-21(10-8-9-13-22-11-4-2-5-12-22)31-32-29(34)25(30-28(33)24-14-6-3-7-15-24)18-23-16-17-26-27(19-23)36-20-35-26/h2-19H,20H2,1H3,(H,30,33)(H,32,34)/b10-8+,13-9-,25-18+,31-21?. The van der Waals surface area contributed by atoms with E-state index < -0.39 is 11.8 Å². The number of carbonyl (C=O) groups is 2. The van der Waals surface area contributed by atoms with Crippen LogP contribution in [0.2, 0.25) is 0 Å². The van der Waals surface area contributed by atoms with E-state index in [1.807, 2.05) is 54.6 Å². The van der Waals surface area contributed by atoms with Gasteiger partial charge in [0.05, 0.1) is 5.71 Å². The van der Waals surface area contributed by atoms with Gasteiger partial charge in [0.25, 0.3) is 11.8 Å². The molecule has 7 heteroatoms. The predicted molar refractivity (Wildman–Crippen MR) is 140 cm³/mol. The minimum absolute atomic E-state index is 0.0345. The lowest BCUT2D eigenvalue weighted by atomic mass is 10.1. The monoisotopic (exact) mass is 479 g/mol. The molecule has 0 aromatic heterocycles. The van der Waals surface area contributed by atoms with E-state index >= 15 is 0 Å². The topological polar surface area (TPSA) is 89.0 Å². The molecule has 180 valence electrons. The van der Waals surface area contributed by atoms with E-state index in [1.54, 1.807) is 61.5 Å². The first kappa shape index (κ1) is 24.2. The summed E-state index contributed by atoms with van der Waals surface area (Å²) in [6, 6.07) is 23.8. The molecule has 4 rings (SSSR count). The van der Waals surface area contributed by atoms with Crippen LogP contribution in [0, 0.1) is 0 Å². The quantitative estimate of drug-likeness (QED) is 0.207. The normalized spacial score (nSPS) is 13.2. The number of benzene rings is 3. The van der Waals surface area contributed by atoms with E-state index in [2.05, 4.69) is 15.8 Å².